The highest BCUT2D eigenvalue weighted by atomic mass is 16.3. The molecule has 0 aliphatic heterocycles. The molecule has 2 nitrogen and oxygen atoms in total. The van der Waals surface area contributed by atoms with Gasteiger partial charge in [-0.25, -0.2) is 0 Å². The summed E-state index contributed by atoms with van der Waals surface area (Å²) in [7, 11) is 0. The van der Waals surface area contributed by atoms with Crippen LogP contribution in [0.5, 0.6) is 0 Å². The Morgan fingerprint density at radius 1 is 1.18 bits per heavy atom. The maximum absolute atomic E-state index is 5.43. The van der Waals surface area contributed by atoms with Crippen LogP contribution >= 0.6 is 0 Å². The molecule has 2 rings (SSSR count). The molecule has 1 aliphatic carbocycles. The van der Waals surface area contributed by atoms with Crippen LogP contribution in [0.4, 0.5) is 0 Å². The highest BCUT2D eigenvalue weighted by Crippen LogP contribution is 2.30. The summed E-state index contributed by atoms with van der Waals surface area (Å²) in [6, 6.07) is 5.02. The van der Waals surface area contributed by atoms with Crippen LogP contribution in [0.1, 0.15) is 58.3 Å². The lowest BCUT2D eigenvalue weighted by molar-refractivity contribution is 0.226. The largest absolute Gasteiger partial charge is 0.468 e. The normalized spacial score (nSPS) is 27.3. The number of nitrogens with one attached hydrogen (secondary N) is 1. The Morgan fingerprint density at radius 3 is 2.41 bits per heavy atom. The van der Waals surface area contributed by atoms with E-state index in [4.69, 9.17) is 4.42 Å². The van der Waals surface area contributed by atoms with Crippen LogP contribution in [-0.4, -0.2) is 6.04 Å². The molecule has 0 amide bonds. The van der Waals surface area contributed by atoms with Gasteiger partial charge in [-0.05, 0) is 56.6 Å². The average Bonchev–Trinajstić information content (AvgIpc) is 2.83. The molecule has 1 saturated carbocycles. The van der Waals surface area contributed by atoms with Crippen molar-refractivity contribution >= 4 is 0 Å². The van der Waals surface area contributed by atoms with Gasteiger partial charge in [0.25, 0.3) is 0 Å². The van der Waals surface area contributed by atoms with Crippen LogP contribution in [0.25, 0.3) is 0 Å². The first-order valence-corrected chi connectivity index (χ1v) is 6.96. The van der Waals surface area contributed by atoms with Crippen molar-refractivity contribution in [2.24, 2.45) is 11.8 Å². The maximum Gasteiger partial charge on any atom is 0.120 e. The van der Waals surface area contributed by atoms with E-state index in [1.165, 1.54) is 25.7 Å². The molecule has 1 aliphatic rings. The molecule has 0 radical (unpaired) electrons. The Kier molecular flexibility index (Phi) is 4.27. The van der Waals surface area contributed by atoms with Crippen LogP contribution in [0.2, 0.25) is 0 Å². The Morgan fingerprint density at radius 2 is 1.88 bits per heavy atom. The van der Waals surface area contributed by atoms with Crippen molar-refractivity contribution in [2.45, 2.75) is 58.5 Å². The Labute approximate surface area is 105 Å². The van der Waals surface area contributed by atoms with Crippen LogP contribution < -0.4 is 5.32 Å². The predicted octanol–water partition coefficient (Wildman–Crippen LogP) is 4.15. The summed E-state index contributed by atoms with van der Waals surface area (Å²) in [6.07, 6.45) is 7.13. The molecule has 1 atom stereocenters. The van der Waals surface area contributed by atoms with Gasteiger partial charge in [0.05, 0.1) is 12.3 Å². The summed E-state index contributed by atoms with van der Waals surface area (Å²) in [5, 5.41) is 3.69. The van der Waals surface area contributed by atoms with Crippen molar-refractivity contribution in [2.75, 3.05) is 0 Å². The molecule has 1 fully saturated rings. The molecule has 0 spiro atoms. The minimum Gasteiger partial charge on any atom is -0.468 e. The van der Waals surface area contributed by atoms with Gasteiger partial charge in [0, 0.05) is 6.04 Å². The van der Waals surface area contributed by atoms with E-state index in [0.29, 0.717) is 12.1 Å². The minimum atomic E-state index is 0.339. The van der Waals surface area contributed by atoms with Gasteiger partial charge in [0.2, 0.25) is 0 Å². The van der Waals surface area contributed by atoms with E-state index in [0.717, 1.165) is 17.6 Å². The highest BCUT2D eigenvalue weighted by molar-refractivity contribution is 5.03. The maximum atomic E-state index is 5.43. The molecular weight excluding hydrogens is 210 g/mol. The fourth-order valence-corrected chi connectivity index (χ4v) is 2.93. The van der Waals surface area contributed by atoms with Crippen molar-refractivity contribution in [1.82, 2.24) is 5.32 Å². The van der Waals surface area contributed by atoms with E-state index in [-0.39, 0.29) is 0 Å². The fourth-order valence-electron chi connectivity index (χ4n) is 2.93. The molecule has 1 aromatic heterocycles. The van der Waals surface area contributed by atoms with Crippen LogP contribution in [-0.2, 0) is 0 Å². The first kappa shape index (κ1) is 12.7. The summed E-state index contributed by atoms with van der Waals surface area (Å²) in [6.45, 7) is 6.89. The third-order valence-electron chi connectivity index (χ3n) is 4.17. The summed E-state index contributed by atoms with van der Waals surface area (Å²) >= 11 is 0. The molecule has 1 heterocycles. The first-order valence-electron chi connectivity index (χ1n) is 6.96. The van der Waals surface area contributed by atoms with E-state index >= 15 is 0 Å². The quantitative estimate of drug-likeness (QED) is 0.848. The second-order valence-corrected chi connectivity index (χ2v) is 5.76. The zero-order valence-corrected chi connectivity index (χ0v) is 11.3. The Balaban J connectivity index is 1.78. The minimum absolute atomic E-state index is 0.339. The number of furan rings is 1. The lowest BCUT2D eigenvalue weighted by Gasteiger charge is -2.32. The fraction of sp³-hybridized carbons (Fsp3) is 0.733. The van der Waals surface area contributed by atoms with Crippen molar-refractivity contribution in [1.29, 1.82) is 0 Å². The molecule has 1 aromatic rings. The summed E-state index contributed by atoms with van der Waals surface area (Å²) in [5.74, 6) is 2.83. The zero-order chi connectivity index (χ0) is 12.3. The van der Waals surface area contributed by atoms with Gasteiger partial charge in [0.1, 0.15) is 5.76 Å². The topological polar surface area (TPSA) is 25.2 Å². The third kappa shape index (κ3) is 3.35. The van der Waals surface area contributed by atoms with E-state index in [1.54, 1.807) is 6.26 Å². The second-order valence-electron chi connectivity index (χ2n) is 5.76. The van der Waals surface area contributed by atoms with E-state index in [2.05, 4.69) is 32.2 Å². The second kappa shape index (κ2) is 5.72. The first-order chi connectivity index (χ1) is 8.16. The van der Waals surface area contributed by atoms with E-state index in [1.807, 2.05) is 6.07 Å². The van der Waals surface area contributed by atoms with Crippen molar-refractivity contribution in [3.63, 3.8) is 0 Å². The molecule has 0 saturated heterocycles. The smallest absolute Gasteiger partial charge is 0.120 e. The highest BCUT2D eigenvalue weighted by Gasteiger charge is 2.24. The number of hydrogen-bond acceptors (Lipinski definition) is 2. The molecule has 0 unspecified atom stereocenters. The third-order valence-corrected chi connectivity index (χ3v) is 4.17. The van der Waals surface area contributed by atoms with Gasteiger partial charge in [-0.2, -0.15) is 0 Å². The van der Waals surface area contributed by atoms with Crippen molar-refractivity contribution in [3.8, 4) is 0 Å². The Bertz CT molecular complexity index is 310. The number of hydrogen-bond donors (Lipinski definition) is 1. The summed E-state index contributed by atoms with van der Waals surface area (Å²) in [5.41, 5.74) is 0. The summed E-state index contributed by atoms with van der Waals surface area (Å²) < 4.78 is 5.43. The molecular formula is C15H25NO. The SMILES string of the molecule is CC(C)C1CCC(N[C@H](C)c2ccco2)CC1. The lowest BCUT2D eigenvalue weighted by atomic mass is 9.79. The lowest BCUT2D eigenvalue weighted by Crippen LogP contribution is -2.35. The van der Waals surface area contributed by atoms with Gasteiger partial charge in [-0.15, -0.1) is 0 Å². The van der Waals surface area contributed by atoms with Gasteiger partial charge in [-0.1, -0.05) is 13.8 Å². The van der Waals surface area contributed by atoms with Crippen LogP contribution in [0.15, 0.2) is 22.8 Å². The molecule has 2 heteroatoms. The monoisotopic (exact) mass is 235 g/mol. The van der Waals surface area contributed by atoms with Gasteiger partial charge in [-0.3, -0.25) is 0 Å². The summed E-state index contributed by atoms with van der Waals surface area (Å²) in [4.78, 5) is 0. The molecule has 0 bridgehead atoms. The molecule has 1 N–H and O–H groups in total. The van der Waals surface area contributed by atoms with E-state index < -0.39 is 0 Å². The number of rotatable bonds is 4. The molecule has 17 heavy (non-hydrogen) atoms. The van der Waals surface area contributed by atoms with Crippen molar-refractivity contribution in [3.05, 3.63) is 24.2 Å². The van der Waals surface area contributed by atoms with Crippen molar-refractivity contribution < 1.29 is 4.42 Å². The van der Waals surface area contributed by atoms with Gasteiger partial charge < -0.3 is 9.73 Å². The average molecular weight is 235 g/mol. The standard InChI is InChI=1S/C15H25NO/c1-11(2)13-6-8-14(9-7-13)16-12(3)15-5-4-10-17-15/h4-5,10-14,16H,6-9H2,1-3H3/t12-,13?,14?/m1/s1. The van der Waals surface area contributed by atoms with Gasteiger partial charge >= 0.3 is 0 Å². The molecule has 0 aromatic carbocycles. The Hall–Kier alpha value is -0.760. The van der Waals surface area contributed by atoms with E-state index in [9.17, 15) is 0 Å². The zero-order valence-electron chi connectivity index (χ0n) is 11.3. The van der Waals surface area contributed by atoms with Crippen LogP contribution in [0.3, 0.4) is 0 Å². The van der Waals surface area contributed by atoms with Crippen LogP contribution in [0, 0.1) is 11.8 Å². The van der Waals surface area contributed by atoms with Gasteiger partial charge in [0.15, 0.2) is 0 Å². The molecule has 96 valence electrons. The predicted molar refractivity (Wildman–Crippen MR) is 70.8 cm³/mol.